The topological polar surface area (TPSA) is 73.2 Å². The molecule has 0 spiro atoms. The summed E-state index contributed by atoms with van der Waals surface area (Å²) in [6.45, 7) is 9.28. The van der Waals surface area contributed by atoms with E-state index in [-0.39, 0.29) is 18.0 Å². The minimum absolute atomic E-state index is 0.199. The van der Waals surface area contributed by atoms with Gasteiger partial charge in [0.2, 0.25) is 5.91 Å². The number of esters is 1. The van der Waals surface area contributed by atoms with Gasteiger partial charge in [0.1, 0.15) is 11.0 Å². The number of halogens is 1. The van der Waals surface area contributed by atoms with Gasteiger partial charge < -0.3 is 10.1 Å². The van der Waals surface area contributed by atoms with Crippen molar-refractivity contribution in [3.63, 3.8) is 0 Å². The summed E-state index contributed by atoms with van der Waals surface area (Å²) in [5, 5.41) is 8.03. The van der Waals surface area contributed by atoms with Gasteiger partial charge in [0.05, 0.1) is 27.5 Å². The van der Waals surface area contributed by atoms with Crippen LogP contribution in [0.4, 0.5) is 5.00 Å². The zero-order valence-corrected chi connectivity index (χ0v) is 19.3. The number of hydrogen-bond acceptors (Lipinski definition) is 5. The molecule has 0 aromatic carbocycles. The Hall–Kier alpha value is -1.67. The number of fused-ring (bicyclic) bond motifs is 1. The normalized spacial score (nSPS) is 14.7. The summed E-state index contributed by atoms with van der Waals surface area (Å²) in [5.41, 5.74) is 3.30. The summed E-state index contributed by atoms with van der Waals surface area (Å²) >= 11 is 5.00. The van der Waals surface area contributed by atoms with E-state index in [9.17, 15) is 9.59 Å². The van der Waals surface area contributed by atoms with Gasteiger partial charge in [-0.15, -0.1) is 11.3 Å². The van der Waals surface area contributed by atoms with Crippen molar-refractivity contribution in [1.29, 1.82) is 0 Å². The number of aryl methyl sites for hydroxylation is 2. The number of thiophene rings is 1. The van der Waals surface area contributed by atoms with E-state index in [0.717, 1.165) is 47.1 Å². The lowest BCUT2D eigenvalue weighted by molar-refractivity contribution is -0.119. The molecule has 28 heavy (non-hydrogen) atoms. The number of anilines is 1. The van der Waals surface area contributed by atoms with Crippen LogP contribution in [0.5, 0.6) is 0 Å². The highest BCUT2D eigenvalue weighted by Gasteiger charge is 2.29. The minimum Gasteiger partial charge on any atom is -0.459 e. The van der Waals surface area contributed by atoms with E-state index in [1.54, 1.807) is 11.6 Å². The number of aromatic nitrogens is 2. The van der Waals surface area contributed by atoms with E-state index in [2.05, 4.69) is 26.3 Å². The Morgan fingerprint density at radius 2 is 1.89 bits per heavy atom. The smallest absolute Gasteiger partial charge is 0.341 e. The quantitative estimate of drug-likeness (QED) is 0.629. The van der Waals surface area contributed by atoms with Gasteiger partial charge in [-0.05, 0) is 81.8 Å². The first kappa shape index (κ1) is 21.0. The van der Waals surface area contributed by atoms with Crippen LogP contribution in [-0.2, 0) is 22.4 Å². The number of ether oxygens (including phenoxy) is 1. The number of nitrogens with one attached hydrogen (secondary N) is 1. The van der Waals surface area contributed by atoms with Crippen molar-refractivity contribution in [3.05, 3.63) is 31.9 Å². The molecule has 1 aliphatic carbocycles. The maximum absolute atomic E-state index is 13.0. The van der Waals surface area contributed by atoms with E-state index < -0.39 is 6.04 Å². The van der Waals surface area contributed by atoms with E-state index in [1.165, 1.54) is 16.2 Å². The molecule has 1 amide bonds. The molecule has 2 heterocycles. The number of nitrogens with zero attached hydrogens (tertiary/aromatic N) is 2. The fraction of sp³-hybridized carbons (Fsp3) is 0.550. The fourth-order valence-corrected chi connectivity index (χ4v) is 5.03. The van der Waals surface area contributed by atoms with Gasteiger partial charge in [0.15, 0.2) is 0 Å². The third-order valence-electron chi connectivity index (χ3n) is 4.94. The molecule has 1 aliphatic rings. The summed E-state index contributed by atoms with van der Waals surface area (Å²) in [6.07, 6.45) is 3.74. The highest BCUT2D eigenvalue weighted by Crippen LogP contribution is 2.39. The zero-order valence-electron chi connectivity index (χ0n) is 16.9. The Balaban J connectivity index is 1.90. The maximum atomic E-state index is 13.0. The molecule has 1 N–H and O–H groups in total. The van der Waals surface area contributed by atoms with Gasteiger partial charge in [0, 0.05) is 4.88 Å². The largest absolute Gasteiger partial charge is 0.459 e. The summed E-state index contributed by atoms with van der Waals surface area (Å²) in [7, 11) is 0. The zero-order chi connectivity index (χ0) is 20.6. The summed E-state index contributed by atoms with van der Waals surface area (Å²) in [6, 6.07) is -0.502. The predicted molar refractivity (Wildman–Crippen MR) is 114 cm³/mol. The lowest BCUT2D eigenvalue weighted by Gasteiger charge is -2.16. The van der Waals surface area contributed by atoms with E-state index >= 15 is 0 Å². The first-order valence-corrected chi connectivity index (χ1v) is 11.2. The molecule has 0 radical (unpaired) electrons. The number of amides is 1. The van der Waals surface area contributed by atoms with Crippen molar-refractivity contribution < 1.29 is 14.3 Å². The summed E-state index contributed by atoms with van der Waals surface area (Å²) < 4.78 is 8.06. The van der Waals surface area contributed by atoms with E-state index in [0.29, 0.717) is 10.6 Å². The number of carbonyl (C=O) groups is 2. The van der Waals surface area contributed by atoms with Crippen LogP contribution in [0.15, 0.2) is 4.47 Å². The second-order valence-corrected chi connectivity index (χ2v) is 9.36. The lowest BCUT2D eigenvalue weighted by atomic mass is 9.95. The van der Waals surface area contributed by atoms with Crippen LogP contribution in [0.2, 0.25) is 0 Å². The SMILES string of the molecule is Cc1nn(C(C)C(=O)Nc2sc3c(c2C(=O)OC(C)C)CCCC3)c(C)c1Br. The molecule has 152 valence electrons. The molecule has 0 aliphatic heterocycles. The van der Waals surface area contributed by atoms with Gasteiger partial charge in [-0.25, -0.2) is 4.79 Å². The van der Waals surface area contributed by atoms with Gasteiger partial charge in [-0.2, -0.15) is 5.10 Å². The molecule has 1 atom stereocenters. The number of rotatable bonds is 5. The summed E-state index contributed by atoms with van der Waals surface area (Å²) in [4.78, 5) is 26.9. The van der Waals surface area contributed by atoms with Gasteiger partial charge in [0.25, 0.3) is 0 Å². The van der Waals surface area contributed by atoms with Gasteiger partial charge >= 0.3 is 5.97 Å². The average molecular weight is 468 g/mol. The molecule has 2 aromatic rings. The molecule has 0 bridgehead atoms. The van der Waals surface area contributed by atoms with Crippen LogP contribution in [0.1, 0.15) is 71.8 Å². The molecule has 0 saturated carbocycles. The second-order valence-electron chi connectivity index (χ2n) is 7.46. The van der Waals surface area contributed by atoms with Crippen LogP contribution in [0.25, 0.3) is 0 Å². The van der Waals surface area contributed by atoms with Crippen LogP contribution in [0.3, 0.4) is 0 Å². The van der Waals surface area contributed by atoms with Crippen molar-refractivity contribution in [2.24, 2.45) is 0 Å². The molecule has 2 aromatic heterocycles. The first-order valence-electron chi connectivity index (χ1n) is 9.58. The van der Waals surface area contributed by atoms with Crippen molar-refractivity contribution in [2.45, 2.75) is 72.4 Å². The highest BCUT2D eigenvalue weighted by atomic mass is 79.9. The Morgan fingerprint density at radius 3 is 2.50 bits per heavy atom. The first-order chi connectivity index (χ1) is 13.2. The van der Waals surface area contributed by atoms with Crippen molar-refractivity contribution in [3.8, 4) is 0 Å². The number of carbonyl (C=O) groups excluding carboxylic acids is 2. The molecular formula is C20H26BrN3O3S. The standard InChI is InChI=1S/C20H26BrN3O3S/c1-10(2)27-20(26)16-14-8-6-7-9-15(14)28-19(16)22-18(25)13(5)24-12(4)17(21)11(3)23-24/h10,13H,6-9H2,1-5H3,(H,22,25). The van der Waals surface area contributed by atoms with Crippen LogP contribution in [0, 0.1) is 13.8 Å². The molecule has 0 saturated heterocycles. The van der Waals surface area contributed by atoms with E-state index in [4.69, 9.17) is 4.74 Å². The van der Waals surface area contributed by atoms with Gasteiger partial charge in [-0.1, -0.05) is 0 Å². The lowest BCUT2D eigenvalue weighted by Crippen LogP contribution is -2.26. The molecular weight excluding hydrogens is 442 g/mol. The van der Waals surface area contributed by atoms with Crippen molar-refractivity contribution in [2.75, 3.05) is 5.32 Å². The fourth-order valence-electron chi connectivity index (χ4n) is 3.49. The van der Waals surface area contributed by atoms with Crippen LogP contribution in [-0.4, -0.2) is 27.8 Å². The van der Waals surface area contributed by atoms with E-state index in [1.807, 2.05) is 27.7 Å². The number of hydrogen-bond donors (Lipinski definition) is 1. The Morgan fingerprint density at radius 1 is 1.21 bits per heavy atom. The van der Waals surface area contributed by atoms with Gasteiger partial charge in [-0.3, -0.25) is 9.48 Å². The Labute approximate surface area is 177 Å². The minimum atomic E-state index is -0.502. The molecule has 0 fully saturated rings. The highest BCUT2D eigenvalue weighted by molar-refractivity contribution is 9.10. The molecule has 1 unspecified atom stereocenters. The molecule has 8 heteroatoms. The van der Waals surface area contributed by atoms with Crippen LogP contribution < -0.4 is 5.32 Å². The van der Waals surface area contributed by atoms with Crippen molar-refractivity contribution in [1.82, 2.24) is 9.78 Å². The monoisotopic (exact) mass is 467 g/mol. The third kappa shape index (κ3) is 4.03. The van der Waals surface area contributed by atoms with Crippen LogP contribution >= 0.6 is 27.3 Å². The average Bonchev–Trinajstić information content (AvgIpc) is 3.12. The second kappa shape index (κ2) is 8.37. The predicted octanol–water partition coefficient (Wildman–Crippen LogP) is 4.97. The summed E-state index contributed by atoms with van der Waals surface area (Å²) in [5.74, 6) is -0.554. The molecule has 6 nitrogen and oxygen atoms in total. The Kier molecular flexibility index (Phi) is 6.29. The Bertz CT molecular complexity index is 916. The third-order valence-corrected chi connectivity index (χ3v) is 7.29. The van der Waals surface area contributed by atoms with Crippen molar-refractivity contribution >= 4 is 44.1 Å². The maximum Gasteiger partial charge on any atom is 0.341 e. The molecule has 3 rings (SSSR count).